The predicted molar refractivity (Wildman–Crippen MR) is 79.8 cm³/mol. The average Bonchev–Trinajstić information content (AvgIpc) is 3.03. The topological polar surface area (TPSA) is 76.6 Å². The zero-order chi connectivity index (χ0) is 15.7. The number of furan rings is 1. The van der Waals surface area contributed by atoms with Crippen LogP contribution < -0.4 is 0 Å². The Kier molecular flexibility index (Phi) is 4.10. The lowest BCUT2D eigenvalue weighted by Crippen LogP contribution is -2.35. The Labute approximate surface area is 130 Å². The zero-order valence-electron chi connectivity index (χ0n) is 12.8. The van der Waals surface area contributed by atoms with Crippen LogP contribution in [0.15, 0.2) is 32.2 Å². The molecule has 3 heterocycles. The number of aromatic nitrogens is 1. The SMILES string of the molecule is Cc1noc(C)c1S(=O)(=O)N1CCCCC[C@@H]1c1ccco1. The van der Waals surface area contributed by atoms with E-state index in [0.29, 0.717) is 23.8 Å². The van der Waals surface area contributed by atoms with Crippen LogP contribution in [-0.4, -0.2) is 24.4 Å². The molecule has 0 bridgehead atoms. The summed E-state index contributed by atoms with van der Waals surface area (Å²) in [6.07, 6.45) is 5.20. The number of aryl methyl sites for hydroxylation is 2. The summed E-state index contributed by atoms with van der Waals surface area (Å²) >= 11 is 0. The molecular weight excluding hydrogens is 304 g/mol. The van der Waals surface area contributed by atoms with Crippen molar-refractivity contribution in [1.29, 1.82) is 0 Å². The monoisotopic (exact) mass is 324 g/mol. The van der Waals surface area contributed by atoms with Gasteiger partial charge in [0.05, 0.1) is 12.3 Å². The second-order valence-corrected chi connectivity index (χ2v) is 7.48. The van der Waals surface area contributed by atoms with Crippen molar-refractivity contribution in [3.8, 4) is 0 Å². The standard InChI is InChI=1S/C15H20N2O4S/c1-11-15(12(2)21-16-11)22(18,19)17-9-5-3-4-7-13(17)14-8-6-10-20-14/h6,8,10,13H,3-5,7,9H2,1-2H3/t13-/m1/s1. The lowest BCUT2D eigenvalue weighted by atomic mass is 10.1. The summed E-state index contributed by atoms with van der Waals surface area (Å²) in [6.45, 7) is 3.77. The smallest absolute Gasteiger partial charge is 0.249 e. The maximum atomic E-state index is 13.1. The lowest BCUT2D eigenvalue weighted by molar-refractivity contribution is 0.285. The summed E-state index contributed by atoms with van der Waals surface area (Å²) in [5.74, 6) is 1.03. The van der Waals surface area contributed by atoms with Crippen molar-refractivity contribution in [2.75, 3.05) is 6.54 Å². The molecule has 2 aromatic heterocycles. The first-order chi connectivity index (χ1) is 10.5. The van der Waals surface area contributed by atoms with Crippen LogP contribution in [0.25, 0.3) is 0 Å². The van der Waals surface area contributed by atoms with E-state index in [1.165, 1.54) is 0 Å². The van der Waals surface area contributed by atoms with E-state index in [-0.39, 0.29) is 10.9 Å². The van der Waals surface area contributed by atoms with Crippen molar-refractivity contribution in [3.05, 3.63) is 35.6 Å². The highest BCUT2D eigenvalue weighted by molar-refractivity contribution is 7.89. The van der Waals surface area contributed by atoms with Gasteiger partial charge in [-0.15, -0.1) is 0 Å². The summed E-state index contributed by atoms with van der Waals surface area (Å²) in [5.41, 5.74) is 0.403. The molecule has 22 heavy (non-hydrogen) atoms. The van der Waals surface area contributed by atoms with Crippen LogP contribution in [0.4, 0.5) is 0 Å². The molecule has 2 aromatic rings. The average molecular weight is 324 g/mol. The first-order valence-corrected chi connectivity index (χ1v) is 8.94. The van der Waals surface area contributed by atoms with Gasteiger partial charge in [0.2, 0.25) is 10.0 Å². The van der Waals surface area contributed by atoms with Gasteiger partial charge in [-0.25, -0.2) is 8.42 Å². The van der Waals surface area contributed by atoms with Gasteiger partial charge in [-0.3, -0.25) is 0 Å². The quantitative estimate of drug-likeness (QED) is 0.866. The van der Waals surface area contributed by atoms with Crippen molar-refractivity contribution in [2.45, 2.75) is 50.5 Å². The number of hydrogen-bond donors (Lipinski definition) is 0. The third kappa shape index (κ3) is 2.59. The molecule has 1 saturated heterocycles. The number of rotatable bonds is 3. The number of sulfonamides is 1. The van der Waals surface area contributed by atoms with E-state index in [9.17, 15) is 8.42 Å². The van der Waals surface area contributed by atoms with Crippen molar-refractivity contribution in [2.24, 2.45) is 0 Å². The maximum Gasteiger partial charge on any atom is 0.249 e. The fourth-order valence-electron chi connectivity index (χ4n) is 3.09. The summed E-state index contributed by atoms with van der Waals surface area (Å²) in [6, 6.07) is 3.36. The summed E-state index contributed by atoms with van der Waals surface area (Å²) in [4.78, 5) is 0.186. The van der Waals surface area contributed by atoms with Crippen LogP contribution in [-0.2, 0) is 10.0 Å². The van der Waals surface area contributed by atoms with E-state index in [1.54, 1.807) is 30.5 Å². The highest BCUT2D eigenvalue weighted by Crippen LogP contribution is 2.36. The highest BCUT2D eigenvalue weighted by atomic mass is 32.2. The van der Waals surface area contributed by atoms with E-state index in [0.717, 1.165) is 25.7 Å². The Morgan fingerprint density at radius 2 is 2.09 bits per heavy atom. The molecule has 0 spiro atoms. The molecule has 0 aromatic carbocycles. The first kappa shape index (κ1) is 15.3. The second-order valence-electron chi connectivity index (χ2n) is 5.65. The molecule has 120 valence electrons. The molecule has 0 aliphatic carbocycles. The van der Waals surface area contributed by atoms with E-state index in [2.05, 4.69) is 5.16 Å². The Hall–Kier alpha value is -1.60. The van der Waals surface area contributed by atoms with Crippen molar-refractivity contribution in [3.63, 3.8) is 0 Å². The van der Waals surface area contributed by atoms with E-state index in [1.807, 2.05) is 6.07 Å². The van der Waals surface area contributed by atoms with Crippen LogP contribution in [0.2, 0.25) is 0 Å². The Morgan fingerprint density at radius 1 is 1.27 bits per heavy atom. The minimum atomic E-state index is -3.66. The van der Waals surface area contributed by atoms with E-state index < -0.39 is 10.0 Å². The molecular formula is C15H20N2O4S. The molecule has 1 atom stereocenters. The van der Waals surface area contributed by atoms with Crippen LogP contribution in [0.1, 0.15) is 48.9 Å². The van der Waals surface area contributed by atoms with Gasteiger partial charge in [-0.2, -0.15) is 4.31 Å². The van der Waals surface area contributed by atoms with Gasteiger partial charge in [0.1, 0.15) is 16.3 Å². The molecule has 1 fully saturated rings. The Balaban J connectivity index is 2.06. The normalized spacial score (nSPS) is 20.9. The van der Waals surface area contributed by atoms with Crippen LogP contribution in [0, 0.1) is 13.8 Å². The minimum absolute atomic E-state index is 0.186. The van der Waals surface area contributed by atoms with Gasteiger partial charge in [-0.05, 0) is 38.8 Å². The largest absolute Gasteiger partial charge is 0.468 e. The highest BCUT2D eigenvalue weighted by Gasteiger charge is 2.38. The molecule has 0 N–H and O–H groups in total. The maximum absolute atomic E-state index is 13.1. The van der Waals surface area contributed by atoms with Gasteiger partial charge in [0.15, 0.2) is 5.76 Å². The van der Waals surface area contributed by atoms with Crippen LogP contribution in [0.5, 0.6) is 0 Å². The van der Waals surface area contributed by atoms with Gasteiger partial charge < -0.3 is 8.94 Å². The summed E-state index contributed by atoms with van der Waals surface area (Å²) in [5, 5.41) is 3.78. The Morgan fingerprint density at radius 3 is 2.73 bits per heavy atom. The molecule has 0 saturated carbocycles. The molecule has 1 aliphatic rings. The molecule has 6 nitrogen and oxygen atoms in total. The lowest BCUT2D eigenvalue weighted by Gasteiger charge is -2.27. The minimum Gasteiger partial charge on any atom is -0.468 e. The van der Waals surface area contributed by atoms with Gasteiger partial charge >= 0.3 is 0 Å². The number of hydrogen-bond acceptors (Lipinski definition) is 5. The van der Waals surface area contributed by atoms with E-state index in [4.69, 9.17) is 8.94 Å². The summed E-state index contributed by atoms with van der Waals surface area (Å²) in [7, 11) is -3.66. The van der Waals surface area contributed by atoms with Crippen LogP contribution in [0.3, 0.4) is 0 Å². The molecule has 0 amide bonds. The molecule has 0 radical (unpaired) electrons. The fourth-order valence-corrected chi connectivity index (χ4v) is 5.05. The van der Waals surface area contributed by atoms with Crippen molar-refractivity contribution < 1.29 is 17.4 Å². The first-order valence-electron chi connectivity index (χ1n) is 7.50. The second kappa shape index (κ2) is 5.89. The van der Waals surface area contributed by atoms with Gasteiger partial charge in [0, 0.05) is 6.54 Å². The van der Waals surface area contributed by atoms with Gasteiger partial charge in [-0.1, -0.05) is 18.0 Å². The van der Waals surface area contributed by atoms with Gasteiger partial charge in [0.25, 0.3) is 0 Å². The third-order valence-electron chi connectivity index (χ3n) is 4.11. The van der Waals surface area contributed by atoms with Crippen molar-refractivity contribution >= 4 is 10.0 Å². The molecule has 0 unspecified atom stereocenters. The summed E-state index contributed by atoms with van der Waals surface area (Å²) < 4.78 is 38.3. The Bertz CT molecular complexity index is 714. The fraction of sp³-hybridized carbons (Fsp3) is 0.533. The van der Waals surface area contributed by atoms with E-state index >= 15 is 0 Å². The molecule has 7 heteroatoms. The molecule has 3 rings (SSSR count). The molecule has 1 aliphatic heterocycles. The third-order valence-corrected chi connectivity index (χ3v) is 6.26. The number of nitrogens with zero attached hydrogens (tertiary/aromatic N) is 2. The van der Waals surface area contributed by atoms with Crippen LogP contribution >= 0.6 is 0 Å². The van der Waals surface area contributed by atoms with Crippen molar-refractivity contribution in [1.82, 2.24) is 9.46 Å². The zero-order valence-corrected chi connectivity index (χ0v) is 13.6. The predicted octanol–water partition coefficient (Wildman–Crippen LogP) is 3.19.